The van der Waals surface area contributed by atoms with Crippen LogP contribution in [-0.2, 0) is 6.54 Å². The van der Waals surface area contributed by atoms with Crippen molar-refractivity contribution < 1.29 is 0 Å². The summed E-state index contributed by atoms with van der Waals surface area (Å²) in [6, 6.07) is 0. The standard InChI is InChI=1S/C14H26N2/c1-3-4-5-6-7-8-9-10-11-16-13-15-12-14(16)2/h12-13H,3-11H2,1-2H3. The zero-order valence-corrected chi connectivity index (χ0v) is 10.9. The van der Waals surface area contributed by atoms with Crippen molar-refractivity contribution >= 4 is 0 Å². The van der Waals surface area contributed by atoms with Crippen molar-refractivity contribution in [2.24, 2.45) is 0 Å². The van der Waals surface area contributed by atoms with Gasteiger partial charge in [-0.3, -0.25) is 0 Å². The van der Waals surface area contributed by atoms with Gasteiger partial charge in [-0.2, -0.15) is 0 Å². The van der Waals surface area contributed by atoms with E-state index in [-0.39, 0.29) is 0 Å². The van der Waals surface area contributed by atoms with Crippen molar-refractivity contribution in [2.75, 3.05) is 0 Å². The van der Waals surface area contributed by atoms with E-state index in [1.807, 2.05) is 12.5 Å². The largest absolute Gasteiger partial charge is 0.335 e. The topological polar surface area (TPSA) is 17.8 Å². The minimum Gasteiger partial charge on any atom is -0.335 e. The molecule has 0 N–H and O–H groups in total. The first-order valence-corrected chi connectivity index (χ1v) is 6.81. The molecule has 0 unspecified atom stereocenters. The van der Waals surface area contributed by atoms with Gasteiger partial charge in [0.2, 0.25) is 0 Å². The molecule has 0 aliphatic rings. The summed E-state index contributed by atoms with van der Waals surface area (Å²) >= 11 is 0. The smallest absolute Gasteiger partial charge is 0.0948 e. The fourth-order valence-corrected chi connectivity index (χ4v) is 2.04. The van der Waals surface area contributed by atoms with E-state index >= 15 is 0 Å². The van der Waals surface area contributed by atoms with Crippen molar-refractivity contribution in [1.29, 1.82) is 0 Å². The first-order chi connectivity index (χ1) is 7.84. The summed E-state index contributed by atoms with van der Waals surface area (Å²) in [5, 5.41) is 0. The second-order valence-corrected chi connectivity index (χ2v) is 4.70. The Balaban J connectivity index is 1.91. The molecule has 1 aromatic rings. The highest BCUT2D eigenvalue weighted by Crippen LogP contribution is 2.09. The molecule has 0 fully saturated rings. The zero-order chi connectivity index (χ0) is 11.6. The maximum atomic E-state index is 4.13. The van der Waals surface area contributed by atoms with Crippen LogP contribution >= 0.6 is 0 Å². The molecule has 1 rings (SSSR count). The first-order valence-electron chi connectivity index (χ1n) is 6.81. The summed E-state index contributed by atoms with van der Waals surface area (Å²) in [4.78, 5) is 4.13. The molecule has 2 nitrogen and oxygen atoms in total. The van der Waals surface area contributed by atoms with Crippen LogP contribution in [0, 0.1) is 6.92 Å². The molecule has 0 bridgehead atoms. The number of aryl methyl sites for hydroxylation is 2. The third-order valence-electron chi connectivity index (χ3n) is 3.17. The number of rotatable bonds is 9. The van der Waals surface area contributed by atoms with Gasteiger partial charge in [-0.25, -0.2) is 4.98 Å². The molecule has 0 aliphatic carbocycles. The lowest BCUT2D eigenvalue weighted by atomic mass is 10.1. The maximum absolute atomic E-state index is 4.13. The minimum absolute atomic E-state index is 1.14. The molecular weight excluding hydrogens is 196 g/mol. The molecule has 16 heavy (non-hydrogen) atoms. The fraction of sp³-hybridized carbons (Fsp3) is 0.786. The second kappa shape index (κ2) is 8.37. The highest BCUT2D eigenvalue weighted by atomic mass is 15.0. The van der Waals surface area contributed by atoms with Gasteiger partial charge in [-0.1, -0.05) is 51.9 Å². The van der Waals surface area contributed by atoms with Crippen molar-refractivity contribution in [3.8, 4) is 0 Å². The van der Waals surface area contributed by atoms with Gasteiger partial charge in [-0.15, -0.1) is 0 Å². The molecule has 0 spiro atoms. The summed E-state index contributed by atoms with van der Waals surface area (Å²) in [5.74, 6) is 0. The van der Waals surface area contributed by atoms with E-state index in [1.54, 1.807) is 0 Å². The molecule has 92 valence electrons. The third kappa shape index (κ3) is 5.34. The van der Waals surface area contributed by atoms with Crippen LogP contribution in [0.5, 0.6) is 0 Å². The summed E-state index contributed by atoms with van der Waals surface area (Å²) in [6.45, 7) is 5.53. The number of unbranched alkanes of at least 4 members (excludes halogenated alkanes) is 7. The second-order valence-electron chi connectivity index (χ2n) is 4.70. The predicted octanol–water partition coefficient (Wildman–Crippen LogP) is 4.33. The van der Waals surface area contributed by atoms with E-state index in [4.69, 9.17) is 0 Å². The van der Waals surface area contributed by atoms with Crippen LogP contribution in [0.2, 0.25) is 0 Å². The average Bonchev–Trinajstić information content (AvgIpc) is 2.68. The van der Waals surface area contributed by atoms with Crippen molar-refractivity contribution in [2.45, 2.75) is 71.8 Å². The number of hydrogen-bond donors (Lipinski definition) is 0. The molecule has 1 heterocycles. The van der Waals surface area contributed by atoms with Crippen LogP contribution < -0.4 is 0 Å². The van der Waals surface area contributed by atoms with E-state index in [9.17, 15) is 0 Å². The van der Waals surface area contributed by atoms with Crippen molar-refractivity contribution in [3.63, 3.8) is 0 Å². The highest BCUT2D eigenvalue weighted by Gasteiger charge is 1.96. The van der Waals surface area contributed by atoms with Gasteiger partial charge in [0.25, 0.3) is 0 Å². The summed E-state index contributed by atoms with van der Waals surface area (Å²) in [7, 11) is 0. The average molecular weight is 222 g/mol. The van der Waals surface area contributed by atoms with E-state index in [1.165, 1.54) is 57.1 Å². The molecule has 0 saturated heterocycles. The third-order valence-corrected chi connectivity index (χ3v) is 3.17. The fourth-order valence-electron chi connectivity index (χ4n) is 2.04. The molecule has 1 aromatic heterocycles. The van der Waals surface area contributed by atoms with Crippen molar-refractivity contribution in [1.82, 2.24) is 9.55 Å². The first kappa shape index (κ1) is 13.3. The molecule has 0 saturated carbocycles. The van der Waals surface area contributed by atoms with Crippen LogP contribution in [-0.4, -0.2) is 9.55 Å². The Morgan fingerprint density at radius 1 is 1.00 bits per heavy atom. The number of imidazole rings is 1. The van der Waals surface area contributed by atoms with Gasteiger partial charge < -0.3 is 4.57 Å². The number of aromatic nitrogens is 2. The molecule has 0 aromatic carbocycles. The Kier molecular flexibility index (Phi) is 6.95. The Bertz CT molecular complexity index is 265. The Hall–Kier alpha value is -0.790. The van der Waals surface area contributed by atoms with Gasteiger partial charge in [0.05, 0.1) is 6.33 Å². The van der Waals surface area contributed by atoms with Gasteiger partial charge >= 0.3 is 0 Å². The molecule has 0 radical (unpaired) electrons. The SMILES string of the molecule is CCCCCCCCCCn1cncc1C. The van der Waals surface area contributed by atoms with Crippen LogP contribution in [0.25, 0.3) is 0 Å². The van der Waals surface area contributed by atoms with E-state index in [0.29, 0.717) is 0 Å². The number of hydrogen-bond acceptors (Lipinski definition) is 1. The molecule has 2 heteroatoms. The summed E-state index contributed by atoms with van der Waals surface area (Å²) < 4.78 is 2.25. The van der Waals surface area contributed by atoms with Gasteiger partial charge in [-0.05, 0) is 13.3 Å². The Morgan fingerprint density at radius 2 is 1.62 bits per heavy atom. The molecular formula is C14H26N2. The molecule has 0 amide bonds. The maximum Gasteiger partial charge on any atom is 0.0948 e. The predicted molar refractivity (Wildman–Crippen MR) is 69.6 cm³/mol. The highest BCUT2D eigenvalue weighted by molar-refractivity contribution is 4.93. The Labute approximate surface area is 100 Å². The molecule has 0 atom stereocenters. The van der Waals surface area contributed by atoms with Crippen molar-refractivity contribution in [3.05, 3.63) is 18.2 Å². The lowest BCUT2D eigenvalue weighted by Crippen LogP contribution is -1.98. The van der Waals surface area contributed by atoms with Crippen LogP contribution in [0.3, 0.4) is 0 Å². The number of nitrogens with zero attached hydrogens (tertiary/aromatic N) is 2. The van der Waals surface area contributed by atoms with E-state index in [2.05, 4.69) is 23.4 Å². The summed E-state index contributed by atoms with van der Waals surface area (Å²) in [5.41, 5.74) is 1.28. The van der Waals surface area contributed by atoms with E-state index < -0.39 is 0 Å². The van der Waals surface area contributed by atoms with Crippen LogP contribution in [0.15, 0.2) is 12.5 Å². The normalized spacial score (nSPS) is 10.9. The van der Waals surface area contributed by atoms with Gasteiger partial charge in [0.1, 0.15) is 0 Å². The van der Waals surface area contributed by atoms with Crippen LogP contribution in [0.4, 0.5) is 0 Å². The minimum atomic E-state index is 1.14. The monoisotopic (exact) mass is 222 g/mol. The zero-order valence-electron chi connectivity index (χ0n) is 10.9. The lowest BCUT2D eigenvalue weighted by molar-refractivity contribution is 0.540. The van der Waals surface area contributed by atoms with Gasteiger partial charge in [0.15, 0.2) is 0 Å². The summed E-state index contributed by atoms with van der Waals surface area (Å²) in [6.07, 6.45) is 15.0. The van der Waals surface area contributed by atoms with Gasteiger partial charge in [0, 0.05) is 18.4 Å². The molecule has 0 aliphatic heterocycles. The Morgan fingerprint density at radius 3 is 2.19 bits per heavy atom. The lowest BCUT2D eigenvalue weighted by Gasteiger charge is -2.04. The van der Waals surface area contributed by atoms with E-state index in [0.717, 1.165) is 6.54 Å². The quantitative estimate of drug-likeness (QED) is 0.569. The van der Waals surface area contributed by atoms with Crippen LogP contribution in [0.1, 0.15) is 64.0 Å².